The van der Waals surface area contributed by atoms with Gasteiger partial charge in [0.2, 0.25) is 0 Å². The van der Waals surface area contributed by atoms with Gasteiger partial charge in [0.25, 0.3) is 0 Å². The van der Waals surface area contributed by atoms with E-state index in [9.17, 15) is 22.0 Å². The number of carbonyl (C=O) groups is 1. The summed E-state index contributed by atoms with van der Waals surface area (Å²) >= 11 is 0. The van der Waals surface area contributed by atoms with Crippen LogP contribution in [0.25, 0.3) is 0 Å². The summed E-state index contributed by atoms with van der Waals surface area (Å²) < 4.78 is 50.8. The van der Waals surface area contributed by atoms with Crippen molar-refractivity contribution in [3.63, 3.8) is 0 Å². The molecule has 29 heavy (non-hydrogen) atoms. The molecule has 0 saturated carbocycles. The second kappa shape index (κ2) is 11.0. The Labute approximate surface area is 169 Å². The van der Waals surface area contributed by atoms with E-state index in [1.54, 1.807) is 0 Å². The number of rotatable bonds is 12. The normalized spacial score (nSPS) is 11.5. The number of benzene rings is 2. The highest BCUT2D eigenvalue weighted by molar-refractivity contribution is 7.91. The molecule has 0 aromatic heterocycles. The highest BCUT2D eigenvalue weighted by Crippen LogP contribution is 2.17. The number of sulfone groups is 1. The van der Waals surface area contributed by atoms with Crippen molar-refractivity contribution in [2.24, 2.45) is 0 Å². The van der Waals surface area contributed by atoms with Crippen LogP contribution >= 0.6 is 0 Å². The average molecular weight is 425 g/mol. The molecule has 0 aliphatic carbocycles. The van der Waals surface area contributed by atoms with Gasteiger partial charge >= 0.3 is 5.97 Å². The van der Waals surface area contributed by atoms with Gasteiger partial charge in [-0.2, -0.15) is 0 Å². The van der Waals surface area contributed by atoms with E-state index in [-0.39, 0.29) is 12.2 Å². The van der Waals surface area contributed by atoms with E-state index >= 15 is 0 Å². The molecule has 2 aromatic rings. The summed E-state index contributed by atoms with van der Waals surface area (Å²) in [5.74, 6) is -2.89. The third kappa shape index (κ3) is 7.91. The summed E-state index contributed by atoms with van der Waals surface area (Å²) in [5, 5.41) is 11.9. The Morgan fingerprint density at radius 3 is 2.17 bits per heavy atom. The number of hydrogen-bond acceptors (Lipinski definition) is 4. The summed E-state index contributed by atoms with van der Waals surface area (Å²) in [7, 11) is -3.78. The number of aryl methyl sites for hydroxylation is 2. The monoisotopic (exact) mass is 425 g/mol. The molecule has 0 aliphatic rings. The van der Waals surface area contributed by atoms with Crippen LogP contribution in [0.5, 0.6) is 0 Å². The fourth-order valence-corrected chi connectivity index (χ4v) is 4.27. The van der Waals surface area contributed by atoms with Crippen molar-refractivity contribution < 1.29 is 27.1 Å². The molecule has 0 atom stereocenters. The predicted molar refractivity (Wildman–Crippen MR) is 107 cm³/mol. The van der Waals surface area contributed by atoms with Crippen LogP contribution in [0.4, 0.5) is 8.78 Å². The zero-order valence-corrected chi connectivity index (χ0v) is 16.9. The molecular weight excluding hydrogens is 400 g/mol. The van der Waals surface area contributed by atoms with Crippen LogP contribution in [0.3, 0.4) is 0 Å². The molecule has 0 heterocycles. The highest BCUT2D eigenvalue weighted by atomic mass is 32.2. The standard InChI is InChI=1S/C21H25F2NO4S/c22-18-9-10-20(19(23)15-18)29(27,28)14-2-13-24-12-1-3-16-4-6-17(7-5-16)8-11-21(25)26/h4-7,9-10,15,24H,1-3,8,11-14H2,(H,25,26). The van der Waals surface area contributed by atoms with Crippen molar-refractivity contribution in [1.82, 2.24) is 5.32 Å². The van der Waals surface area contributed by atoms with Gasteiger partial charge < -0.3 is 10.4 Å². The molecular formula is C21H25F2NO4S. The second-order valence-corrected chi connectivity index (χ2v) is 8.89. The Kier molecular flexibility index (Phi) is 8.72. The predicted octanol–water partition coefficient (Wildman–Crippen LogP) is 3.37. The van der Waals surface area contributed by atoms with E-state index in [0.717, 1.165) is 36.1 Å². The van der Waals surface area contributed by atoms with Crippen molar-refractivity contribution in [1.29, 1.82) is 0 Å². The number of halogens is 2. The van der Waals surface area contributed by atoms with Crippen molar-refractivity contribution >= 4 is 15.8 Å². The number of hydrogen-bond donors (Lipinski definition) is 2. The maximum atomic E-state index is 13.6. The SMILES string of the molecule is O=C(O)CCc1ccc(CCCNCCCS(=O)(=O)c2ccc(F)cc2F)cc1. The number of nitrogens with one attached hydrogen (secondary N) is 1. The van der Waals surface area contributed by atoms with Crippen molar-refractivity contribution in [2.45, 2.75) is 37.0 Å². The van der Waals surface area contributed by atoms with Gasteiger partial charge in [-0.3, -0.25) is 4.79 Å². The van der Waals surface area contributed by atoms with Crippen LogP contribution < -0.4 is 5.32 Å². The number of carboxylic acids is 1. The van der Waals surface area contributed by atoms with E-state index in [1.165, 1.54) is 0 Å². The molecule has 0 aliphatic heterocycles. The van der Waals surface area contributed by atoms with Crippen LogP contribution in [-0.2, 0) is 27.5 Å². The Morgan fingerprint density at radius 2 is 1.55 bits per heavy atom. The van der Waals surface area contributed by atoms with Crippen molar-refractivity contribution in [3.05, 3.63) is 65.2 Å². The van der Waals surface area contributed by atoms with E-state index in [2.05, 4.69) is 5.32 Å². The molecule has 0 saturated heterocycles. The van der Waals surface area contributed by atoms with E-state index < -0.39 is 32.3 Å². The van der Waals surface area contributed by atoms with Crippen LogP contribution in [0.15, 0.2) is 47.4 Å². The largest absolute Gasteiger partial charge is 0.481 e. The zero-order valence-electron chi connectivity index (χ0n) is 16.0. The average Bonchev–Trinajstić information content (AvgIpc) is 2.66. The fraction of sp³-hybridized carbons (Fsp3) is 0.381. The van der Waals surface area contributed by atoms with Crippen molar-refractivity contribution in [3.8, 4) is 0 Å². The van der Waals surface area contributed by atoms with Gasteiger partial charge in [-0.05, 0) is 62.0 Å². The van der Waals surface area contributed by atoms with Crippen LogP contribution in [0.1, 0.15) is 30.4 Å². The van der Waals surface area contributed by atoms with E-state index in [4.69, 9.17) is 5.11 Å². The Morgan fingerprint density at radius 1 is 0.931 bits per heavy atom. The van der Waals surface area contributed by atoms with Gasteiger partial charge in [0.1, 0.15) is 16.5 Å². The first kappa shape index (κ1) is 23.0. The first-order chi connectivity index (χ1) is 13.8. The lowest BCUT2D eigenvalue weighted by atomic mass is 10.0. The van der Waals surface area contributed by atoms with E-state index in [0.29, 0.717) is 32.0 Å². The van der Waals surface area contributed by atoms with E-state index in [1.807, 2.05) is 24.3 Å². The minimum absolute atomic E-state index is 0.118. The Hall–Kier alpha value is -2.32. The molecule has 0 spiro atoms. The summed E-state index contributed by atoms with van der Waals surface area (Å²) in [6.45, 7) is 1.20. The molecule has 2 N–H and O–H groups in total. The molecule has 158 valence electrons. The number of aliphatic carboxylic acids is 1. The molecule has 0 fully saturated rings. The van der Waals surface area contributed by atoms with Gasteiger partial charge in [-0.15, -0.1) is 0 Å². The smallest absolute Gasteiger partial charge is 0.303 e. The van der Waals surface area contributed by atoms with Gasteiger partial charge in [0.05, 0.1) is 5.75 Å². The zero-order chi connectivity index (χ0) is 21.3. The minimum Gasteiger partial charge on any atom is -0.481 e. The van der Waals surface area contributed by atoms with Crippen LogP contribution in [-0.4, -0.2) is 38.3 Å². The quantitative estimate of drug-likeness (QED) is 0.402. The third-order valence-corrected chi connectivity index (χ3v) is 6.29. The maximum absolute atomic E-state index is 13.6. The molecule has 8 heteroatoms. The Balaban J connectivity index is 1.64. The first-order valence-electron chi connectivity index (χ1n) is 9.46. The van der Waals surface area contributed by atoms with Crippen molar-refractivity contribution in [2.75, 3.05) is 18.8 Å². The fourth-order valence-electron chi connectivity index (χ4n) is 2.89. The maximum Gasteiger partial charge on any atom is 0.303 e. The minimum atomic E-state index is -3.78. The first-order valence-corrected chi connectivity index (χ1v) is 11.1. The van der Waals surface area contributed by atoms with Gasteiger partial charge in [0, 0.05) is 12.5 Å². The summed E-state index contributed by atoms with van der Waals surface area (Å²) in [5.41, 5.74) is 2.15. The molecule has 2 rings (SSSR count). The lowest BCUT2D eigenvalue weighted by molar-refractivity contribution is -0.136. The van der Waals surface area contributed by atoms with Gasteiger partial charge in [-0.1, -0.05) is 24.3 Å². The molecule has 0 unspecified atom stereocenters. The summed E-state index contributed by atoms with van der Waals surface area (Å²) in [6, 6.07) is 10.3. The molecule has 0 amide bonds. The summed E-state index contributed by atoms with van der Waals surface area (Å²) in [4.78, 5) is 10.1. The molecule has 0 bridgehead atoms. The molecule has 5 nitrogen and oxygen atoms in total. The van der Waals surface area contributed by atoms with Gasteiger partial charge in [-0.25, -0.2) is 17.2 Å². The second-order valence-electron chi connectivity index (χ2n) is 6.81. The number of carboxylic acid groups (broad SMARTS) is 1. The lowest BCUT2D eigenvalue weighted by Crippen LogP contribution is -2.20. The molecule has 2 aromatic carbocycles. The van der Waals surface area contributed by atoms with Gasteiger partial charge in [0.15, 0.2) is 9.84 Å². The van der Waals surface area contributed by atoms with Crippen LogP contribution in [0.2, 0.25) is 0 Å². The van der Waals surface area contributed by atoms with Crippen LogP contribution in [0, 0.1) is 11.6 Å². The highest BCUT2D eigenvalue weighted by Gasteiger charge is 2.19. The lowest BCUT2D eigenvalue weighted by Gasteiger charge is -2.08. The summed E-state index contributed by atoms with van der Waals surface area (Å²) in [6.07, 6.45) is 2.69. The third-order valence-electron chi connectivity index (χ3n) is 4.47. The Bertz CT molecular complexity index is 915. The topological polar surface area (TPSA) is 83.5 Å². The molecule has 0 radical (unpaired) electrons.